The van der Waals surface area contributed by atoms with Gasteiger partial charge in [-0.1, -0.05) is 0 Å². The number of ether oxygens (including phenoxy) is 1. The molecule has 1 saturated heterocycles. The number of piperidine rings is 1. The molecular formula is C22H20F3NO6. The van der Waals surface area contributed by atoms with Crippen LogP contribution < -0.4 is 10.2 Å². The predicted octanol–water partition coefficient (Wildman–Crippen LogP) is 3.55. The van der Waals surface area contributed by atoms with Gasteiger partial charge in [0.2, 0.25) is 0 Å². The van der Waals surface area contributed by atoms with Gasteiger partial charge in [0.1, 0.15) is 34.0 Å². The maximum absolute atomic E-state index is 12.8. The fraction of sp³-hybridized carbons (Fsp3) is 0.318. The van der Waals surface area contributed by atoms with Crippen LogP contribution in [-0.2, 0) is 0 Å². The minimum atomic E-state index is -4.84. The number of β-amino-alcohol motifs (C(OH)–C–C–N with tert-alkyl or cyclic N) is 1. The maximum Gasteiger partial charge on any atom is 0.573 e. The summed E-state index contributed by atoms with van der Waals surface area (Å²) in [5, 5.41) is 31.2. The average Bonchev–Trinajstić information content (AvgIpc) is 2.68. The Kier molecular flexibility index (Phi) is 5.51. The maximum atomic E-state index is 12.8. The number of aliphatic hydroxyl groups excluding tert-OH is 1. The molecule has 1 aliphatic heterocycles. The predicted molar refractivity (Wildman–Crippen MR) is 109 cm³/mol. The molecule has 0 unspecified atom stereocenters. The molecule has 0 aliphatic carbocycles. The van der Waals surface area contributed by atoms with Crippen molar-refractivity contribution < 1.29 is 37.6 Å². The smallest absolute Gasteiger partial charge is 0.507 e. The van der Waals surface area contributed by atoms with Gasteiger partial charge >= 0.3 is 6.36 Å². The number of hydrogen-bond donors (Lipinski definition) is 3. The Morgan fingerprint density at radius 2 is 1.81 bits per heavy atom. The number of fused-ring (bicyclic) bond motifs is 1. The van der Waals surface area contributed by atoms with Crippen molar-refractivity contribution in [3.05, 3.63) is 52.2 Å². The minimum absolute atomic E-state index is 0.0229. The van der Waals surface area contributed by atoms with E-state index in [1.54, 1.807) is 0 Å². The van der Waals surface area contributed by atoms with E-state index >= 15 is 0 Å². The summed E-state index contributed by atoms with van der Waals surface area (Å²) in [7, 11) is 1.85. The summed E-state index contributed by atoms with van der Waals surface area (Å²) in [4.78, 5) is 14.7. The zero-order chi connectivity index (χ0) is 23.2. The Morgan fingerprint density at radius 1 is 1.12 bits per heavy atom. The first kappa shape index (κ1) is 22.0. The van der Waals surface area contributed by atoms with Gasteiger partial charge in [0, 0.05) is 35.7 Å². The third-order valence-corrected chi connectivity index (χ3v) is 5.53. The van der Waals surface area contributed by atoms with E-state index in [4.69, 9.17) is 4.42 Å². The van der Waals surface area contributed by atoms with E-state index in [1.165, 1.54) is 12.1 Å². The molecule has 1 fully saturated rings. The van der Waals surface area contributed by atoms with E-state index in [9.17, 15) is 33.3 Å². The SMILES string of the molecule is CN1CC[C@H](c2c(O)cc(O)c3c(=O)cc(-c4ccc(OC(F)(F)F)cc4)oc23)[C@H](O)C1. The van der Waals surface area contributed by atoms with Gasteiger partial charge in [-0.2, -0.15) is 0 Å². The van der Waals surface area contributed by atoms with Crippen molar-refractivity contribution in [2.75, 3.05) is 20.1 Å². The summed E-state index contributed by atoms with van der Waals surface area (Å²) in [6.45, 7) is 0.977. The van der Waals surface area contributed by atoms with Crippen molar-refractivity contribution in [1.29, 1.82) is 0 Å². The molecule has 0 radical (unpaired) electrons. The van der Waals surface area contributed by atoms with Gasteiger partial charge in [0.25, 0.3) is 0 Å². The van der Waals surface area contributed by atoms with Crippen LogP contribution in [0.2, 0.25) is 0 Å². The Hall–Kier alpha value is -3.24. The van der Waals surface area contributed by atoms with Gasteiger partial charge < -0.3 is 29.4 Å². The molecule has 1 aliphatic rings. The van der Waals surface area contributed by atoms with Gasteiger partial charge in [0.05, 0.1) is 6.10 Å². The average molecular weight is 451 g/mol. The number of phenolic OH excluding ortho intramolecular Hbond substituents is 2. The highest BCUT2D eigenvalue weighted by molar-refractivity contribution is 5.89. The highest BCUT2D eigenvalue weighted by Crippen LogP contribution is 2.42. The van der Waals surface area contributed by atoms with Crippen LogP contribution in [0.3, 0.4) is 0 Å². The molecule has 1 aromatic heterocycles. The fourth-order valence-corrected chi connectivity index (χ4v) is 4.07. The molecule has 170 valence electrons. The molecule has 4 rings (SSSR count). The molecule has 2 atom stereocenters. The molecule has 10 heteroatoms. The molecule has 0 amide bonds. The second-order valence-corrected chi connectivity index (χ2v) is 7.80. The lowest BCUT2D eigenvalue weighted by molar-refractivity contribution is -0.274. The Labute approximate surface area is 179 Å². The molecule has 7 nitrogen and oxygen atoms in total. The molecule has 3 N–H and O–H groups in total. The fourth-order valence-electron chi connectivity index (χ4n) is 4.07. The second-order valence-electron chi connectivity index (χ2n) is 7.80. The van der Waals surface area contributed by atoms with Crippen LogP contribution in [0.4, 0.5) is 13.2 Å². The number of benzene rings is 2. The van der Waals surface area contributed by atoms with Crippen LogP contribution in [0.5, 0.6) is 17.2 Å². The van der Waals surface area contributed by atoms with Gasteiger partial charge in [-0.3, -0.25) is 4.79 Å². The van der Waals surface area contributed by atoms with Crippen LogP contribution in [0.25, 0.3) is 22.3 Å². The van der Waals surface area contributed by atoms with Crippen molar-refractivity contribution in [3.8, 4) is 28.6 Å². The number of nitrogens with zero attached hydrogens (tertiary/aromatic N) is 1. The number of hydrogen-bond acceptors (Lipinski definition) is 7. The summed E-state index contributed by atoms with van der Waals surface area (Å²) in [5.74, 6) is -1.75. The standard InChI is InChI=1S/C22H20F3NO6/c1-26-7-6-13(17(30)10-26)19-14(27)8-15(28)20-16(29)9-18(31-21(19)20)11-2-4-12(5-3-11)32-22(23,24)25/h2-5,8-9,13,17,27-28,30H,6-7,10H2,1H3/t13-,17+/m0/s1. The molecular weight excluding hydrogens is 431 g/mol. The number of aliphatic hydroxyl groups is 1. The van der Waals surface area contributed by atoms with E-state index in [2.05, 4.69) is 4.74 Å². The van der Waals surface area contributed by atoms with Gasteiger partial charge in [-0.25, -0.2) is 0 Å². The van der Waals surface area contributed by atoms with Crippen LogP contribution in [0.1, 0.15) is 17.9 Å². The quantitative estimate of drug-likeness (QED) is 0.560. The van der Waals surface area contributed by atoms with Crippen molar-refractivity contribution in [2.45, 2.75) is 24.8 Å². The molecule has 0 bridgehead atoms. The molecule has 0 saturated carbocycles. The first-order valence-corrected chi connectivity index (χ1v) is 9.79. The molecule has 2 aromatic carbocycles. The zero-order valence-electron chi connectivity index (χ0n) is 16.9. The van der Waals surface area contributed by atoms with Crippen LogP contribution in [-0.4, -0.2) is 52.8 Å². The van der Waals surface area contributed by atoms with Crippen molar-refractivity contribution >= 4 is 11.0 Å². The third-order valence-electron chi connectivity index (χ3n) is 5.53. The highest BCUT2D eigenvalue weighted by atomic mass is 19.4. The minimum Gasteiger partial charge on any atom is -0.507 e. The van der Waals surface area contributed by atoms with E-state index in [1.807, 2.05) is 11.9 Å². The number of likely N-dealkylation sites (N-methyl/N-ethyl adjacent to an activating group) is 1. The highest BCUT2D eigenvalue weighted by Gasteiger charge is 2.33. The largest absolute Gasteiger partial charge is 0.573 e. The lowest BCUT2D eigenvalue weighted by Gasteiger charge is -2.34. The normalized spacial score (nSPS) is 19.9. The summed E-state index contributed by atoms with van der Waals surface area (Å²) >= 11 is 0. The van der Waals surface area contributed by atoms with Gasteiger partial charge in [0.15, 0.2) is 5.43 Å². The van der Waals surface area contributed by atoms with E-state index in [0.29, 0.717) is 19.5 Å². The Balaban J connectivity index is 1.84. The van der Waals surface area contributed by atoms with Crippen molar-refractivity contribution in [2.24, 2.45) is 0 Å². The molecule has 32 heavy (non-hydrogen) atoms. The van der Waals surface area contributed by atoms with Gasteiger partial charge in [-0.15, -0.1) is 13.2 Å². The summed E-state index contributed by atoms with van der Waals surface area (Å²) in [5.41, 5.74) is -0.183. The van der Waals surface area contributed by atoms with Gasteiger partial charge in [-0.05, 0) is 44.3 Å². The van der Waals surface area contributed by atoms with Crippen LogP contribution >= 0.6 is 0 Å². The number of halogens is 3. The lowest BCUT2D eigenvalue weighted by atomic mass is 9.85. The summed E-state index contributed by atoms with van der Waals surface area (Å²) < 4.78 is 46.9. The second kappa shape index (κ2) is 8.03. The number of rotatable bonds is 3. The first-order valence-electron chi connectivity index (χ1n) is 9.79. The summed E-state index contributed by atoms with van der Waals surface area (Å²) in [6, 6.07) is 6.88. The first-order chi connectivity index (χ1) is 15.0. The molecule has 2 heterocycles. The summed E-state index contributed by atoms with van der Waals surface area (Å²) in [6.07, 6.45) is -5.21. The molecule has 0 spiro atoms. The monoisotopic (exact) mass is 451 g/mol. The number of alkyl halides is 3. The number of aromatic hydroxyl groups is 2. The number of phenols is 2. The number of likely N-dealkylation sites (tertiary alicyclic amines) is 1. The topological polar surface area (TPSA) is 103 Å². The van der Waals surface area contributed by atoms with Crippen LogP contribution in [0.15, 0.2) is 45.6 Å². The van der Waals surface area contributed by atoms with E-state index in [0.717, 1.165) is 24.3 Å². The molecule has 3 aromatic rings. The van der Waals surface area contributed by atoms with Crippen molar-refractivity contribution in [3.63, 3.8) is 0 Å². The van der Waals surface area contributed by atoms with E-state index in [-0.39, 0.29) is 33.6 Å². The van der Waals surface area contributed by atoms with E-state index < -0.39 is 35.3 Å². The third kappa shape index (κ3) is 4.23. The van der Waals surface area contributed by atoms with Crippen molar-refractivity contribution in [1.82, 2.24) is 4.90 Å². The zero-order valence-corrected chi connectivity index (χ0v) is 16.9. The Morgan fingerprint density at radius 3 is 2.44 bits per heavy atom. The Bertz CT molecular complexity index is 1210. The van der Waals surface area contributed by atoms with Crippen LogP contribution in [0, 0.1) is 0 Å². The lowest BCUT2D eigenvalue weighted by Crippen LogP contribution is -2.40.